The first kappa shape index (κ1) is 22.3. The number of hydrogen-bond donors (Lipinski definition) is 0. The number of ether oxygens (including phenoxy) is 3. The predicted octanol–water partition coefficient (Wildman–Crippen LogP) is 3.28. The molecule has 0 bridgehead atoms. The standard InChI is InChI=1S/3C5H11O2.Fe/c3*1-4(2)5(6)7-3;/h3*4-5H,1-3H3;/q3*-1;+3. The van der Waals surface area contributed by atoms with E-state index in [1.54, 1.807) is 21.3 Å². The van der Waals surface area contributed by atoms with E-state index in [9.17, 15) is 0 Å². The van der Waals surface area contributed by atoms with Crippen LogP contribution in [0.15, 0.2) is 0 Å². The Kier molecular flexibility index (Phi) is 11.9. The molecule has 0 saturated carbocycles. The summed E-state index contributed by atoms with van der Waals surface area (Å²) in [6.07, 6.45) is -1.22. The van der Waals surface area contributed by atoms with E-state index in [1.807, 2.05) is 41.5 Å². The maximum atomic E-state index is 5.88. The first-order chi connectivity index (χ1) is 10.3. The van der Waals surface area contributed by atoms with E-state index in [2.05, 4.69) is 0 Å². The molecule has 0 aromatic rings. The van der Waals surface area contributed by atoms with Gasteiger partial charge in [-0.2, -0.15) is 0 Å². The Morgan fingerprint density at radius 2 is 0.727 bits per heavy atom. The SMILES string of the molecule is COC([O][Fe]([O]C(OC)C(C)C)[O]C(OC)C(C)C)C(C)C. The average molecular weight is 365 g/mol. The molecule has 0 aliphatic rings. The molecule has 0 N–H and O–H groups in total. The van der Waals surface area contributed by atoms with Crippen LogP contribution in [0.3, 0.4) is 0 Å². The Hall–Kier alpha value is 0.279. The summed E-state index contributed by atoms with van der Waals surface area (Å²) in [7, 11) is 4.81. The summed E-state index contributed by atoms with van der Waals surface area (Å²) in [5.41, 5.74) is 0. The van der Waals surface area contributed by atoms with Crippen LogP contribution >= 0.6 is 0 Å². The van der Waals surface area contributed by atoms with Gasteiger partial charge in [0, 0.05) is 0 Å². The molecule has 3 atom stereocenters. The first-order valence-corrected chi connectivity index (χ1v) is 8.89. The van der Waals surface area contributed by atoms with Crippen molar-refractivity contribution in [3.05, 3.63) is 0 Å². The van der Waals surface area contributed by atoms with Gasteiger partial charge in [-0.3, -0.25) is 0 Å². The second kappa shape index (κ2) is 11.8. The summed E-state index contributed by atoms with van der Waals surface area (Å²) in [6.45, 7) is 12.1. The van der Waals surface area contributed by atoms with Crippen LogP contribution in [0, 0.1) is 17.8 Å². The zero-order valence-electron chi connectivity index (χ0n) is 15.3. The molecule has 0 radical (unpaired) electrons. The summed E-state index contributed by atoms with van der Waals surface area (Å²) >= 11 is -1.88. The molecule has 0 amide bonds. The molecule has 0 rings (SSSR count). The number of methoxy groups -OCH3 is 3. The summed E-state index contributed by atoms with van der Waals surface area (Å²) in [5.74, 6) is 0.520. The number of rotatable bonds is 12. The van der Waals surface area contributed by atoms with Gasteiger partial charge in [0.15, 0.2) is 0 Å². The molecular formula is C15H33FeO6. The van der Waals surface area contributed by atoms with Gasteiger partial charge in [-0.15, -0.1) is 0 Å². The van der Waals surface area contributed by atoms with E-state index in [1.165, 1.54) is 0 Å². The third-order valence-corrected chi connectivity index (χ3v) is 4.19. The normalized spacial score (nSPS) is 17.2. The van der Waals surface area contributed by atoms with Gasteiger partial charge in [0.25, 0.3) is 0 Å². The van der Waals surface area contributed by atoms with Crippen molar-refractivity contribution in [1.82, 2.24) is 0 Å². The Bertz CT molecular complexity index is 232. The summed E-state index contributed by atoms with van der Waals surface area (Å²) in [5, 5.41) is 0. The van der Waals surface area contributed by atoms with Gasteiger partial charge in [-0.05, 0) is 0 Å². The van der Waals surface area contributed by atoms with Gasteiger partial charge >= 0.3 is 140 Å². The van der Waals surface area contributed by atoms with E-state index >= 15 is 0 Å². The monoisotopic (exact) mass is 365 g/mol. The molecule has 0 aliphatic carbocycles. The van der Waals surface area contributed by atoms with Crippen LogP contribution in [0.5, 0.6) is 0 Å². The van der Waals surface area contributed by atoms with E-state index in [4.69, 9.17) is 25.7 Å². The molecule has 0 heterocycles. The minimum absolute atomic E-state index is 0.173. The van der Waals surface area contributed by atoms with Crippen molar-refractivity contribution in [1.29, 1.82) is 0 Å². The molecule has 137 valence electrons. The van der Waals surface area contributed by atoms with E-state index in [0.29, 0.717) is 0 Å². The van der Waals surface area contributed by atoms with Gasteiger partial charge in [-0.1, -0.05) is 0 Å². The summed E-state index contributed by atoms with van der Waals surface area (Å²) in [6, 6.07) is 0. The third-order valence-electron chi connectivity index (χ3n) is 2.78. The fourth-order valence-electron chi connectivity index (χ4n) is 1.47. The van der Waals surface area contributed by atoms with Crippen LogP contribution in [0.2, 0.25) is 0 Å². The van der Waals surface area contributed by atoms with Gasteiger partial charge in [0.05, 0.1) is 0 Å². The number of hydrogen-bond acceptors (Lipinski definition) is 6. The quantitative estimate of drug-likeness (QED) is 0.391. The fraction of sp³-hybridized carbons (Fsp3) is 1.00. The second-order valence-electron chi connectivity index (χ2n) is 5.97. The van der Waals surface area contributed by atoms with Crippen molar-refractivity contribution in [2.75, 3.05) is 21.3 Å². The molecule has 0 saturated heterocycles. The molecule has 3 unspecified atom stereocenters. The van der Waals surface area contributed by atoms with Crippen LogP contribution in [-0.4, -0.2) is 40.2 Å². The zero-order chi connectivity index (χ0) is 17.3. The average Bonchev–Trinajstić information content (AvgIpc) is 2.45. The molecule has 22 heavy (non-hydrogen) atoms. The molecule has 0 aromatic carbocycles. The molecule has 6 nitrogen and oxygen atoms in total. The molecule has 0 fully saturated rings. The van der Waals surface area contributed by atoms with Crippen molar-refractivity contribution in [2.24, 2.45) is 17.8 Å². The Balaban J connectivity index is 4.95. The Labute approximate surface area is 140 Å². The van der Waals surface area contributed by atoms with E-state index in [-0.39, 0.29) is 17.8 Å². The van der Waals surface area contributed by atoms with Crippen molar-refractivity contribution < 1.29 is 40.6 Å². The van der Waals surface area contributed by atoms with Crippen LogP contribution in [0.25, 0.3) is 0 Å². The van der Waals surface area contributed by atoms with Crippen LogP contribution in [0.4, 0.5) is 0 Å². The second-order valence-corrected chi connectivity index (χ2v) is 7.30. The van der Waals surface area contributed by atoms with Crippen molar-refractivity contribution >= 4 is 0 Å². The van der Waals surface area contributed by atoms with E-state index < -0.39 is 33.8 Å². The molecule has 7 heteroatoms. The molecule has 0 aliphatic heterocycles. The zero-order valence-corrected chi connectivity index (χ0v) is 16.4. The Morgan fingerprint density at radius 3 is 0.864 bits per heavy atom. The maximum absolute atomic E-state index is 5.88. The Morgan fingerprint density at radius 1 is 0.500 bits per heavy atom. The first-order valence-electron chi connectivity index (χ1n) is 7.54. The van der Waals surface area contributed by atoms with Crippen LogP contribution in [0.1, 0.15) is 41.5 Å². The molecular weight excluding hydrogens is 332 g/mol. The van der Waals surface area contributed by atoms with Gasteiger partial charge in [0.1, 0.15) is 0 Å². The molecule has 0 spiro atoms. The summed E-state index contributed by atoms with van der Waals surface area (Å²) in [4.78, 5) is 0. The van der Waals surface area contributed by atoms with Gasteiger partial charge in [-0.25, -0.2) is 0 Å². The third kappa shape index (κ3) is 8.22. The topological polar surface area (TPSA) is 55.4 Å². The van der Waals surface area contributed by atoms with Crippen LogP contribution < -0.4 is 0 Å². The van der Waals surface area contributed by atoms with Gasteiger partial charge in [0.2, 0.25) is 0 Å². The molecule has 0 aromatic heterocycles. The van der Waals surface area contributed by atoms with Gasteiger partial charge < -0.3 is 0 Å². The van der Waals surface area contributed by atoms with Crippen molar-refractivity contribution in [3.8, 4) is 0 Å². The van der Waals surface area contributed by atoms with Crippen molar-refractivity contribution in [3.63, 3.8) is 0 Å². The summed E-state index contributed by atoms with van der Waals surface area (Å²) < 4.78 is 33.7. The fourth-order valence-corrected chi connectivity index (χ4v) is 3.50. The van der Waals surface area contributed by atoms with Crippen molar-refractivity contribution in [2.45, 2.75) is 60.4 Å². The minimum atomic E-state index is -1.88. The predicted molar refractivity (Wildman–Crippen MR) is 80.2 cm³/mol. The van der Waals surface area contributed by atoms with E-state index in [0.717, 1.165) is 0 Å². The van der Waals surface area contributed by atoms with Crippen LogP contribution in [-0.2, 0) is 40.6 Å².